The third-order valence-electron chi connectivity index (χ3n) is 11.6. The number of nitrogens with zero attached hydrogens (tertiary/aromatic N) is 1. The van der Waals surface area contributed by atoms with E-state index < -0.39 is 0 Å². The molecule has 0 aromatic heterocycles. The van der Waals surface area contributed by atoms with Gasteiger partial charge in [0.2, 0.25) is 12.1 Å². The molecule has 2 N–H and O–H groups in total. The molecule has 0 saturated carbocycles. The third-order valence-corrected chi connectivity index (χ3v) is 11.6. The van der Waals surface area contributed by atoms with E-state index in [9.17, 15) is 4.79 Å². The van der Waals surface area contributed by atoms with Crippen LogP contribution in [0.1, 0.15) is 264 Å². The summed E-state index contributed by atoms with van der Waals surface area (Å²) in [5.41, 5.74) is 0. The van der Waals surface area contributed by atoms with E-state index in [1.807, 2.05) is 0 Å². The van der Waals surface area contributed by atoms with Crippen LogP contribution in [0, 0.1) is 0 Å². The van der Waals surface area contributed by atoms with E-state index in [4.69, 9.17) is 0 Å². The van der Waals surface area contributed by atoms with Crippen LogP contribution >= 0.6 is 0 Å². The Hall–Kier alpha value is -0.900. The van der Waals surface area contributed by atoms with Crippen molar-refractivity contribution in [3.8, 4) is 0 Å². The molecule has 1 heterocycles. The summed E-state index contributed by atoms with van der Waals surface area (Å²) in [5, 5.41) is 6.84. The Labute approximate surface area is 321 Å². The molecule has 0 spiro atoms. The van der Waals surface area contributed by atoms with E-state index in [2.05, 4.69) is 35.3 Å². The van der Waals surface area contributed by atoms with Crippen molar-refractivity contribution >= 4 is 12.1 Å². The molecule has 0 aromatic rings. The lowest BCUT2D eigenvalue weighted by Gasteiger charge is -2.12. The summed E-state index contributed by atoms with van der Waals surface area (Å²) in [4.78, 5) is 12.4. The van der Waals surface area contributed by atoms with Gasteiger partial charge in [-0.3, -0.25) is 4.79 Å². The molecule has 1 unspecified atom stereocenters. The van der Waals surface area contributed by atoms with Gasteiger partial charge in [0, 0.05) is 12.8 Å². The molecule has 1 aliphatic heterocycles. The van der Waals surface area contributed by atoms with Gasteiger partial charge < -0.3 is 5.32 Å². The topological polar surface area (TPSA) is 44.1 Å². The van der Waals surface area contributed by atoms with Crippen molar-refractivity contribution in [2.24, 2.45) is 0 Å². The lowest BCUT2D eigenvalue weighted by Crippen LogP contribution is -2.37. The molecular weight excluding hydrogens is 623 g/mol. The maximum Gasteiger partial charge on any atom is 0.220 e. The number of amides is 1. The van der Waals surface area contributed by atoms with Crippen LogP contribution in [0.3, 0.4) is 0 Å². The van der Waals surface area contributed by atoms with Crippen LogP contribution in [-0.2, 0) is 4.79 Å². The van der Waals surface area contributed by atoms with E-state index in [-0.39, 0.29) is 5.91 Å². The molecule has 302 valence electrons. The average Bonchev–Trinajstić information content (AvgIpc) is 3.59. The first-order chi connectivity index (χ1) is 25.3. The average molecular weight is 717 g/mol. The van der Waals surface area contributed by atoms with Gasteiger partial charge in [0.05, 0.1) is 13.1 Å². The molecule has 0 radical (unpaired) electrons. The molecule has 4 nitrogen and oxygen atoms in total. The quantitative estimate of drug-likeness (QED) is 0.0488. The summed E-state index contributed by atoms with van der Waals surface area (Å²) in [6, 6.07) is 0. The van der Waals surface area contributed by atoms with E-state index in [1.54, 1.807) is 0 Å². The van der Waals surface area contributed by atoms with Crippen LogP contribution in [0.2, 0.25) is 0 Å². The van der Waals surface area contributed by atoms with Gasteiger partial charge in [0.1, 0.15) is 0 Å². The zero-order chi connectivity index (χ0) is 36.6. The summed E-state index contributed by atoms with van der Waals surface area (Å²) < 4.78 is 2.44. The first-order valence-electron chi connectivity index (χ1n) is 23.9. The van der Waals surface area contributed by atoms with Crippen LogP contribution < -0.4 is 10.6 Å². The number of unbranched alkanes of at least 4 members (excludes halogenated alkanes) is 35. The zero-order valence-electron chi connectivity index (χ0n) is 35.2. The molecule has 0 fully saturated rings. The molecule has 1 aliphatic rings. The number of hydrogen-bond donors (Lipinski definition) is 2. The minimum absolute atomic E-state index is 0.245. The Morgan fingerprint density at radius 1 is 0.490 bits per heavy atom. The van der Waals surface area contributed by atoms with Gasteiger partial charge in [-0.25, -0.2) is 9.89 Å². The fourth-order valence-electron chi connectivity index (χ4n) is 8.08. The minimum Gasteiger partial charge on any atom is -0.350 e. The highest BCUT2D eigenvalue weighted by Crippen LogP contribution is 2.17. The second-order valence-electron chi connectivity index (χ2n) is 16.6. The van der Waals surface area contributed by atoms with Crippen molar-refractivity contribution in [2.45, 2.75) is 270 Å². The maximum atomic E-state index is 12.4. The molecule has 1 amide bonds. The Morgan fingerprint density at radius 3 is 1.16 bits per heavy atom. The summed E-state index contributed by atoms with van der Waals surface area (Å²) in [5.74, 6) is 0.245. The number of rotatable bonds is 42. The molecule has 1 atom stereocenters. The van der Waals surface area contributed by atoms with E-state index in [0.717, 1.165) is 26.1 Å². The second-order valence-corrected chi connectivity index (χ2v) is 16.6. The largest absolute Gasteiger partial charge is 0.350 e. The number of carbonyl (C=O) groups excluding carboxylic acids is 1. The van der Waals surface area contributed by atoms with Crippen LogP contribution in [-0.4, -0.2) is 42.5 Å². The van der Waals surface area contributed by atoms with Crippen molar-refractivity contribution in [2.75, 3.05) is 19.6 Å². The molecule has 0 bridgehead atoms. The monoisotopic (exact) mass is 717 g/mol. The fourth-order valence-corrected chi connectivity index (χ4v) is 8.08. The predicted octanol–water partition coefficient (Wildman–Crippen LogP) is 14.4. The Kier molecular flexibility index (Phi) is 38.0. The molecule has 0 aromatic carbocycles. The van der Waals surface area contributed by atoms with Crippen LogP contribution in [0.4, 0.5) is 0 Å². The summed E-state index contributed by atoms with van der Waals surface area (Å²) in [6.45, 7) is 7.27. The van der Waals surface area contributed by atoms with Crippen molar-refractivity contribution < 1.29 is 9.37 Å². The van der Waals surface area contributed by atoms with Crippen LogP contribution in [0.5, 0.6) is 0 Å². The van der Waals surface area contributed by atoms with Gasteiger partial charge in [-0.1, -0.05) is 239 Å². The van der Waals surface area contributed by atoms with Gasteiger partial charge in [0.25, 0.3) is 0 Å². The van der Waals surface area contributed by atoms with Crippen molar-refractivity contribution in [3.63, 3.8) is 0 Å². The van der Waals surface area contributed by atoms with Crippen molar-refractivity contribution in [1.82, 2.24) is 10.6 Å². The highest BCUT2D eigenvalue weighted by molar-refractivity contribution is 5.75. The van der Waals surface area contributed by atoms with Crippen molar-refractivity contribution in [3.05, 3.63) is 0 Å². The summed E-state index contributed by atoms with van der Waals surface area (Å²) in [7, 11) is 0. The smallest absolute Gasteiger partial charge is 0.220 e. The molecule has 4 heteroatoms. The highest BCUT2D eigenvalue weighted by Gasteiger charge is 2.24. The maximum absolute atomic E-state index is 12.4. The molecule has 51 heavy (non-hydrogen) atoms. The summed E-state index contributed by atoms with van der Waals surface area (Å²) in [6.07, 6.45) is 56.8. The molecule has 0 saturated heterocycles. The predicted molar refractivity (Wildman–Crippen MR) is 227 cm³/mol. The summed E-state index contributed by atoms with van der Waals surface area (Å²) >= 11 is 0. The van der Waals surface area contributed by atoms with Crippen LogP contribution in [0.25, 0.3) is 0 Å². The second kappa shape index (κ2) is 40.3. The fraction of sp³-hybridized carbons (Fsp3) is 0.957. The van der Waals surface area contributed by atoms with E-state index in [0.29, 0.717) is 12.6 Å². The third kappa shape index (κ3) is 34.6. The number of hydrogen-bond acceptors (Lipinski definition) is 2. The number of nitrogens with one attached hydrogen (secondary N) is 2. The van der Waals surface area contributed by atoms with Gasteiger partial charge >= 0.3 is 0 Å². The Balaban J connectivity index is 1.80. The standard InChI is InChI=1S/C47H93N3O/c1-3-5-7-9-11-13-15-17-19-21-23-25-27-29-31-33-35-37-39-41-47(51)49-43-45-50-44-42-48-46(50)40-38-36-34-32-30-28-26-24-22-20-18-16-14-12-10-8-6-4-2/h44,46,48H,3-43,45H2,1-2H3/p+1. The van der Waals surface area contributed by atoms with Gasteiger partial charge in [-0.2, -0.15) is 0 Å². The molecular formula is C47H94N3O+. The van der Waals surface area contributed by atoms with Gasteiger partial charge in [0.15, 0.2) is 12.8 Å². The first kappa shape index (κ1) is 48.1. The molecule has 1 rings (SSSR count). The SMILES string of the molecule is CCCCCCCCCCCCCCCCCCCCCC(=O)NCC[N+]1=CCNC1CCCCCCCCCCCCCCCCCCCC. The molecule has 0 aliphatic carbocycles. The highest BCUT2D eigenvalue weighted by atomic mass is 16.1. The number of carbonyl (C=O) groups is 1. The van der Waals surface area contributed by atoms with E-state index in [1.165, 1.54) is 238 Å². The first-order valence-corrected chi connectivity index (χ1v) is 23.9. The lowest BCUT2D eigenvalue weighted by molar-refractivity contribution is -0.558. The minimum atomic E-state index is 0.245. The van der Waals surface area contributed by atoms with Gasteiger partial charge in [-0.15, -0.1) is 0 Å². The Bertz CT molecular complexity index is 737. The van der Waals surface area contributed by atoms with Crippen LogP contribution in [0.15, 0.2) is 0 Å². The van der Waals surface area contributed by atoms with Gasteiger partial charge in [-0.05, 0) is 12.8 Å². The lowest BCUT2D eigenvalue weighted by atomic mass is 10.0. The Morgan fingerprint density at radius 2 is 0.804 bits per heavy atom. The van der Waals surface area contributed by atoms with E-state index >= 15 is 0 Å². The normalized spacial score (nSPS) is 14.4. The van der Waals surface area contributed by atoms with Crippen molar-refractivity contribution in [1.29, 1.82) is 0 Å². The zero-order valence-corrected chi connectivity index (χ0v) is 35.2.